The summed E-state index contributed by atoms with van der Waals surface area (Å²) in [5, 5.41) is 5.45. The number of amides is 2. The van der Waals surface area contributed by atoms with Crippen LogP contribution in [0.2, 0.25) is 0 Å². The zero-order valence-corrected chi connectivity index (χ0v) is 12.2. The Morgan fingerprint density at radius 3 is 2.70 bits per heavy atom. The Morgan fingerprint density at radius 2 is 2.15 bits per heavy atom. The van der Waals surface area contributed by atoms with Gasteiger partial charge in [0.15, 0.2) is 0 Å². The molecule has 0 bridgehead atoms. The molecule has 20 heavy (non-hydrogen) atoms. The molecule has 1 unspecified atom stereocenters. The fraction of sp³-hybridized carbons (Fsp3) is 0.533. The second kappa shape index (κ2) is 5.61. The first-order valence-corrected chi connectivity index (χ1v) is 6.99. The molecule has 5 heteroatoms. The third kappa shape index (κ3) is 3.15. The molecule has 1 aliphatic rings. The van der Waals surface area contributed by atoms with Crippen molar-refractivity contribution in [3.63, 3.8) is 0 Å². The van der Waals surface area contributed by atoms with Gasteiger partial charge in [0, 0.05) is 17.5 Å². The Bertz CT molecular complexity index is 508. The summed E-state index contributed by atoms with van der Waals surface area (Å²) in [5.74, 6) is -0.467. The minimum absolute atomic E-state index is 0.0488. The summed E-state index contributed by atoms with van der Waals surface area (Å²) >= 11 is 0. The predicted octanol–water partition coefficient (Wildman–Crippen LogP) is 1.99. The van der Waals surface area contributed by atoms with Crippen LogP contribution in [0, 0.1) is 0 Å². The van der Waals surface area contributed by atoms with Gasteiger partial charge in [0.05, 0.1) is 11.9 Å². The highest BCUT2D eigenvalue weighted by Gasteiger charge is 2.26. The molecule has 0 aliphatic carbocycles. The lowest BCUT2D eigenvalue weighted by atomic mass is 9.86. The molecule has 108 valence electrons. The van der Waals surface area contributed by atoms with Crippen molar-refractivity contribution in [1.29, 1.82) is 0 Å². The average molecular weight is 275 g/mol. The molecule has 1 aromatic rings. The van der Waals surface area contributed by atoms with Crippen molar-refractivity contribution >= 4 is 17.5 Å². The average Bonchev–Trinajstić information content (AvgIpc) is 2.42. The van der Waals surface area contributed by atoms with Crippen LogP contribution < -0.4 is 10.6 Å². The number of aromatic nitrogens is 1. The van der Waals surface area contributed by atoms with Crippen molar-refractivity contribution in [2.45, 2.75) is 51.5 Å². The zero-order chi connectivity index (χ0) is 14.8. The maximum absolute atomic E-state index is 11.7. The van der Waals surface area contributed by atoms with E-state index in [9.17, 15) is 9.59 Å². The molecule has 0 spiro atoms. The molecular weight excluding hydrogens is 254 g/mol. The van der Waals surface area contributed by atoms with Gasteiger partial charge in [-0.2, -0.15) is 0 Å². The summed E-state index contributed by atoms with van der Waals surface area (Å²) in [6.45, 7) is 6.45. The molecular formula is C15H21N3O2. The second-order valence-electron chi connectivity index (χ2n) is 5.82. The summed E-state index contributed by atoms with van der Waals surface area (Å²) in [7, 11) is 0. The molecule has 2 heterocycles. The largest absolute Gasteiger partial charge is 0.372 e. The van der Waals surface area contributed by atoms with Crippen molar-refractivity contribution in [2.75, 3.05) is 5.32 Å². The Kier molecular flexibility index (Phi) is 4.06. The van der Waals surface area contributed by atoms with E-state index in [0.29, 0.717) is 12.8 Å². The quantitative estimate of drug-likeness (QED) is 0.824. The molecule has 1 fully saturated rings. The third-order valence-corrected chi connectivity index (χ3v) is 3.92. The summed E-state index contributed by atoms with van der Waals surface area (Å²) in [6.07, 6.45) is 3.65. The van der Waals surface area contributed by atoms with E-state index in [1.165, 1.54) is 0 Å². The smallest absolute Gasteiger partial charge is 0.249 e. The zero-order valence-electron chi connectivity index (χ0n) is 12.2. The van der Waals surface area contributed by atoms with Crippen LogP contribution in [0.5, 0.6) is 0 Å². The molecule has 1 atom stereocenters. The number of hydrogen-bond donors (Lipinski definition) is 2. The SMILES string of the molecule is CCC(C)(C)c1ccc(NC2CCC(=O)NC2=O)cn1. The lowest BCUT2D eigenvalue weighted by Gasteiger charge is -2.24. The highest BCUT2D eigenvalue weighted by atomic mass is 16.2. The van der Waals surface area contributed by atoms with Crippen LogP contribution in [-0.4, -0.2) is 22.8 Å². The van der Waals surface area contributed by atoms with Crippen LogP contribution in [0.3, 0.4) is 0 Å². The van der Waals surface area contributed by atoms with Crippen LogP contribution in [0.4, 0.5) is 5.69 Å². The molecule has 1 aromatic heterocycles. The highest BCUT2D eigenvalue weighted by Crippen LogP contribution is 2.25. The number of pyridine rings is 1. The Hall–Kier alpha value is -1.91. The number of carbonyl (C=O) groups is 2. The first-order valence-electron chi connectivity index (χ1n) is 6.99. The Morgan fingerprint density at radius 1 is 1.40 bits per heavy atom. The van der Waals surface area contributed by atoms with E-state index in [4.69, 9.17) is 0 Å². The number of imide groups is 1. The first kappa shape index (κ1) is 14.5. The number of piperidine rings is 1. The van der Waals surface area contributed by atoms with E-state index < -0.39 is 0 Å². The van der Waals surface area contributed by atoms with Gasteiger partial charge in [-0.1, -0.05) is 20.8 Å². The highest BCUT2D eigenvalue weighted by molar-refractivity contribution is 6.01. The number of nitrogens with one attached hydrogen (secondary N) is 2. The summed E-state index contributed by atoms with van der Waals surface area (Å²) in [4.78, 5) is 27.2. The van der Waals surface area contributed by atoms with E-state index in [1.54, 1.807) is 6.20 Å². The van der Waals surface area contributed by atoms with E-state index in [1.807, 2.05) is 12.1 Å². The van der Waals surface area contributed by atoms with E-state index in [0.717, 1.165) is 17.8 Å². The molecule has 0 radical (unpaired) electrons. The van der Waals surface area contributed by atoms with Gasteiger partial charge in [-0.25, -0.2) is 0 Å². The van der Waals surface area contributed by atoms with Gasteiger partial charge in [-0.15, -0.1) is 0 Å². The van der Waals surface area contributed by atoms with Crippen LogP contribution >= 0.6 is 0 Å². The van der Waals surface area contributed by atoms with Crippen LogP contribution in [0.1, 0.15) is 45.7 Å². The van der Waals surface area contributed by atoms with Crippen molar-refractivity contribution in [3.05, 3.63) is 24.0 Å². The normalized spacial score (nSPS) is 19.6. The molecule has 2 N–H and O–H groups in total. The molecule has 0 aromatic carbocycles. The maximum atomic E-state index is 11.7. The number of carbonyl (C=O) groups excluding carboxylic acids is 2. The topological polar surface area (TPSA) is 71.1 Å². The van der Waals surface area contributed by atoms with Gasteiger partial charge >= 0.3 is 0 Å². The molecule has 0 saturated carbocycles. The lowest BCUT2D eigenvalue weighted by Crippen LogP contribution is -2.47. The minimum atomic E-state index is -0.362. The minimum Gasteiger partial charge on any atom is -0.372 e. The first-order chi connectivity index (χ1) is 9.42. The van der Waals surface area contributed by atoms with E-state index in [2.05, 4.69) is 36.4 Å². The Labute approximate surface area is 119 Å². The van der Waals surface area contributed by atoms with Gasteiger partial charge in [0.2, 0.25) is 11.8 Å². The van der Waals surface area contributed by atoms with Gasteiger partial charge < -0.3 is 5.32 Å². The van der Waals surface area contributed by atoms with Gasteiger partial charge in [-0.05, 0) is 25.0 Å². The summed E-state index contributed by atoms with van der Waals surface area (Å²) in [6, 6.07) is 3.56. The van der Waals surface area contributed by atoms with Crippen LogP contribution in [0.25, 0.3) is 0 Å². The molecule has 5 nitrogen and oxygen atoms in total. The van der Waals surface area contributed by atoms with Crippen molar-refractivity contribution in [2.24, 2.45) is 0 Å². The van der Waals surface area contributed by atoms with Crippen molar-refractivity contribution in [1.82, 2.24) is 10.3 Å². The summed E-state index contributed by atoms with van der Waals surface area (Å²) in [5.41, 5.74) is 1.89. The monoisotopic (exact) mass is 275 g/mol. The molecule has 2 rings (SSSR count). The third-order valence-electron chi connectivity index (χ3n) is 3.92. The summed E-state index contributed by atoms with van der Waals surface area (Å²) < 4.78 is 0. The van der Waals surface area contributed by atoms with Crippen molar-refractivity contribution < 1.29 is 9.59 Å². The number of nitrogens with zero attached hydrogens (tertiary/aromatic N) is 1. The lowest BCUT2D eigenvalue weighted by molar-refractivity contribution is -0.133. The molecule has 1 saturated heterocycles. The maximum Gasteiger partial charge on any atom is 0.249 e. The number of anilines is 1. The second-order valence-corrected chi connectivity index (χ2v) is 5.82. The van der Waals surface area contributed by atoms with Gasteiger partial charge in [0.1, 0.15) is 6.04 Å². The fourth-order valence-corrected chi connectivity index (χ4v) is 2.09. The van der Waals surface area contributed by atoms with Gasteiger partial charge in [0.25, 0.3) is 0 Å². The van der Waals surface area contributed by atoms with E-state index >= 15 is 0 Å². The predicted molar refractivity (Wildman–Crippen MR) is 77.3 cm³/mol. The molecule has 1 aliphatic heterocycles. The Balaban J connectivity index is 2.04. The number of rotatable bonds is 4. The van der Waals surface area contributed by atoms with Crippen LogP contribution in [0.15, 0.2) is 18.3 Å². The fourth-order valence-electron chi connectivity index (χ4n) is 2.09. The standard InChI is InChI=1S/C15H21N3O2/c1-4-15(2,3)12-7-5-10(9-16-12)17-11-6-8-13(19)18-14(11)20/h5,7,9,11,17H,4,6,8H2,1-3H3,(H,18,19,20). The van der Waals surface area contributed by atoms with Gasteiger partial charge in [-0.3, -0.25) is 19.9 Å². The van der Waals surface area contributed by atoms with Crippen LogP contribution in [-0.2, 0) is 15.0 Å². The van der Waals surface area contributed by atoms with E-state index in [-0.39, 0.29) is 23.3 Å². The molecule has 2 amide bonds. The number of hydrogen-bond acceptors (Lipinski definition) is 4. The van der Waals surface area contributed by atoms with Crippen molar-refractivity contribution in [3.8, 4) is 0 Å².